The third-order valence-corrected chi connectivity index (χ3v) is 5.39. The van der Waals surface area contributed by atoms with Gasteiger partial charge in [0.15, 0.2) is 11.7 Å². The Bertz CT molecular complexity index is 817. The van der Waals surface area contributed by atoms with Gasteiger partial charge in [0.2, 0.25) is 11.7 Å². The van der Waals surface area contributed by atoms with E-state index in [1.165, 1.54) is 0 Å². The lowest BCUT2D eigenvalue weighted by molar-refractivity contribution is -0.131. The van der Waals surface area contributed by atoms with E-state index in [4.69, 9.17) is 4.42 Å². The standard InChI is InChI=1S/C19H28N8O2/c1-20-19(21-13-16-22-18(24-23-16)15-5-4-12-29-15)27-10-8-25(9-11-27)14-17(28)26-6-2-3-7-26/h4-5,12H,2-3,6-11,13-14H2,1H3,(H,20,21)(H,22,23,24). The van der Waals surface area contributed by atoms with E-state index < -0.39 is 0 Å². The lowest BCUT2D eigenvalue weighted by Gasteiger charge is -2.36. The van der Waals surface area contributed by atoms with Gasteiger partial charge in [-0.05, 0) is 25.0 Å². The van der Waals surface area contributed by atoms with E-state index in [0.717, 1.165) is 58.1 Å². The summed E-state index contributed by atoms with van der Waals surface area (Å²) in [6, 6.07) is 3.64. The van der Waals surface area contributed by atoms with Crippen LogP contribution in [0.15, 0.2) is 27.8 Å². The molecule has 4 heterocycles. The number of aromatic amines is 1. The third-order valence-electron chi connectivity index (χ3n) is 5.39. The Hall–Kier alpha value is -2.88. The van der Waals surface area contributed by atoms with Crippen molar-refractivity contribution in [2.45, 2.75) is 19.4 Å². The van der Waals surface area contributed by atoms with Gasteiger partial charge in [-0.15, -0.1) is 5.10 Å². The van der Waals surface area contributed by atoms with Gasteiger partial charge in [-0.25, -0.2) is 4.98 Å². The van der Waals surface area contributed by atoms with Gasteiger partial charge in [-0.3, -0.25) is 19.8 Å². The van der Waals surface area contributed by atoms with Crippen molar-refractivity contribution in [2.24, 2.45) is 4.99 Å². The van der Waals surface area contributed by atoms with Crippen LogP contribution in [0.2, 0.25) is 0 Å². The smallest absolute Gasteiger partial charge is 0.236 e. The minimum absolute atomic E-state index is 0.260. The van der Waals surface area contributed by atoms with Crippen LogP contribution in [-0.4, -0.2) is 94.6 Å². The summed E-state index contributed by atoms with van der Waals surface area (Å²) < 4.78 is 5.32. The number of nitrogens with one attached hydrogen (secondary N) is 2. The summed E-state index contributed by atoms with van der Waals surface area (Å²) in [4.78, 5) is 27.6. The second-order valence-corrected chi connectivity index (χ2v) is 7.33. The van der Waals surface area contributed by atoms with E-state index in [9.17, 15) is 4.79 Å². The highest BCUT2D eigenvalue weighted by Gasteiger charge is 2.24. The van der Waals surface area contributed by atoms with Crippen LogP contribution in [0.1, 0.15) is 18.7 Å². The van der Waals surface area contributed by atoms with Crippen molar-refractivity contribution in [3.63, 3.8) is 0 Å². The van der Waals surface area contributed by atoms with Crippen molar-refractivity contribution in [3.05, 3.63) is 24.2 Å². The Morgan fingerprint density at radius 2 is 2.00 bits per heavy atom. The molecule has 2 fully saturated rings. The van der Waals surface area contributed by atoms with E-state index in [1.807, 2.05) is 17.0 Å². The van der Waals surface area contributed by atoms with Crippen LogP contribution in [0, 0.1) is 0 Å². The number of furan rings is 1. The van der Waals surface area contributed by atoms with Crippen molar-refractivity contribution >= 4 is 11.9 Å². The Morgan fingerprint density at radius 3 is 2.69 bits per heavy atom. The molecule has 10 nitrogen and oxygen atoms in total. The molecular weight excluding hydrogens is 372 g/mol. The first-order chi connectivity index (χ1) is 14.2. The molecule has 10 heteroatoms. The first kappa shape index (κ1) is 19.4. The fourth-order valence-electron chi connectivity index (χ4n) is 3.76. The van der Waals surface area contributed by atoms with Crippen LogP contribution >= 0.6 is 0 Å². The van der Waals surface area contributed by atoms with Gasteiger partial charge in [0, 0.05) is 46.3 Å². The predicted octanol–water partition coefficient (Wildman–Crippen LogP) is 0.380. The summed E-state index contributed by atoms with van der Waals surface area (Å²) in [7, 11) is 1.78. The quantitative estimate of drug-likeness (QED) is 0.552. The molecule has 0 aromatic carbocycles. The fraction of sp³-hybridized carbons (Fsp3) is 0.579. The van der Waals surface area contributed by atoms with Gasteiger partial charge >= 0.3 is 0 Å². The number of hydrogen-bond donors (Lipinski definition) is 2. The average Bonchev–Trinajstić information content (AvgIpc) is 3.51. The van der Waals surface area contributed by atoms with Gasteiger partial charge in [-0.1, -0.05) is 0 Å². The van der Waals surface area contributed by atoms with E-state index in [1.54, 1.807) is 13.3 Å². The molecule has 2 aliphatic rings. The van der Waals surface area contributed by atoms with Crippen molar-refractivity contribution in [1.82, 2.24) is 35.2 Å². The summed E-state index contributed by atoms with van der Waals surface area (Å²) >= 11 is 0. The topological polar surface area (TPSA) is 106 Å². The molecule has 4 rings (SSSR count). The molecule has 2 aliphatic heterocycles. The second kappa shape index (κ2) is 9.08. The van der Waals surface area contributed by atoms with Crippen molar-refractivity contribution in [2.75, 3.05) is 52.9 Å². The molecule has 2 N–H and O–H groups in total. The minimum Gasteiger partial charge on any atom is -0.461 e. The highest BCUT2D eigenvalue weighted by molar-refractivity contribution is 5.80. The first-order valence-corrected chi connectivity index (χ1v) is 10.1. The molecule has 1 amide bonds. The monoisotopic (exact) mass is 400 g/mol. The number of aromatic nitrogens is 3. The van der Waals surface area contributed by atoms with Gasteiger partial charge in [0.1, 0.15) is 5.82 Å². The summed E-state index contributed by atoms with van der Waals surface area (Å²) in [6.07, 6.45) is 3.87. The van der Waals surface area contributed by atoms with E-state index in [-0.39, 0.29) is 5.91 Å². The first-order valence-electron chi connectivity index (χ1n) is 10.1. The second-order valence-electron chi connectivity index (χ2n) is 7.33. The number of H-pyrrole nitrogens is 1. The van der Waals surface area contributed by atoms with E-state index >= 15 is 0 Å². The van der Waals surface area contributed by atoms with Crippen LogP contribution < -0.4 is 5.32 Å². The maximum atomic E-state index is 12.3. The summed E-state index contributed by atoms with van der Waals surface area (Å²) in [6.45, 7) is 6.22. The van der Waals surface area contributed by atoms with E-state index in [0.29, 0.717) is 30.5 Å². The molecule has 2 aromatic heterocycles. The molecule has 0 saturated carbocycles. The fourth-order valence-corrected chi connectivity index (χ4v) is 3.76. The summed E-state index contributed by atoms with van der Waals surface area (Å²) in [5.74, 6) is 2.98. The molecule has 2 saturated heterocycles. The van der Waals surface area contributed by atoms with Gasteiger partial charge in [0.25, 0.3) is 0 Å². The maximum absolute atomic E-state index is 12.3. The van der Waals surface area contributed by atoms with Crippen molar-refractivity contribution < 1.29 is 9.21 Å². The van der Waals surface area contributed by atoms with Crippen molar-refractivity contribution in [3.8, 4) is 11.6 Å². The lowest BCUT2D eigenvalue weighted by atomic mass is 10.3. The largest absolute Gasteiger partial charge is 0.461 e. The molecule has 156 valence electrons. The van der Waals surface area contributed by atoms with Gasteiger partial charge < -0.3 is 19.5 Å². The van der Waals surface area contributed by atoms with Crippen LogP contribution in [0.5, 0.6) is 0 Å². The third kappa shape index (κ3) is 4.76. The Labute approximate surface area is 170 Å². The van der Waals surface area contributed by atoms with Gasteiger partial charge in [0.05, 0.1) is 19.4 Å². The highest BCUT2D eigenvalue weighted by atomic mass is 16.3. The molecule has 0 atom stereocenters. The lowest BCUT2D eigenvalue weighted by Crippen LogP contribution is -2.54. The molecule has 2 aromatic rings. The number of carbonyl (C=O) groups is 1. The number of aliphatic imine (C=N–C) groups is 1. The van der Waals surface area contributed by atoms with Crippen LogP contribution in [0.4, 0.5) is 0 Å². The number of piperazine rings is 1. The Kier molecular flexibility index (Phi) is 6.09. The Morgan fingerprint density at radius 1 is 1.21 bits per heavy atom. The summed E-state index contributed by atoms with van der Waals surface area (Å²) in [5.41, 5.74) is 0. The van der Waals surface area contributed by atoms with Crippen LogP contribution in [0.3, 0.4) is 0 Å². The number of likely N-dealkylation sites (tertiary alicyclic amines) is 1. The minimum atomic E-state index is 0.260. The highest BCUT2D eigenvalue weighted by Crippen LogP contribution is 2.14. The average molecular weight is 400 g/mol. The molecule has 0 bridgehead atoms. The molecule has 0 aliphatic carbocycles. The molecule has 0 radical (unpaired) electrons. The van der Waals surface area contributed by atoms with Crippen molar-refractivity contribution in [1.29, 1.82) is 0 Å². The zero-order valence-corrected chi connectivity index (χ0v) is 16.8. The van der Waals surface area contributed by atoms with Crippen LogP contribution in [0.25, 0.3) is 11.6 Å². The maximum Gasteiger partial charge on any atom is 0.236 e. The SMILES string of the molecule is CN=C(NCc1nc(-c2ccco2)n[nH]1)N1CCN(CC(=O)N2CCCC2)CC1. The zero-order valence-electron chi connectivity index (χ0n) is 16.8. The Balaban J connectivity index is 1.23. The number of hydrogen-bond acceptors (Lipinski definition) is 6. The molecule has 0 unspecified atom stereocenters. The van der Waals surface area contributed by atoms with E-state index in [2.05, 4.69) is 35.3 Å². The predicted molar refractivity (Wildman–Crippen MR) is 108 cm³/mol. The number of rotatable bonds is 5. The molecule has 0 spiro atoms. The van der Waals surface area contributed by atoms with Crippen LogP contribution in [-0.2, 0) is 11.3 Å². The summed E-state index contributed by atoms with van der Waals surface area (Å²) in [5, 5.41) is 10.4. The molecular formula is C19H28N8O2. The number of amides is 1. The number of carbonyl (C=O) groups excluding carboxylic acids is 1. The zero-order chi connectivity index (χ0) is 20.1. The number of guanidine groups is 1. The number of nitrogens with zero attached hydrogens (tertiary/aromatic N) is 6. The normalized spacial score (nSPS) is 18.4. The van der Waals surface area contributed by atoms with Gasteiger partial charge in [-0.2, -0.15) is 0 Å². The molecule has 29 heavy (non-hydrogen) atoms.